The van der Waals surface area contributed by atoms with Crippen LogP contribution >= 0.6 is 0 Å². The van der Waals surface area contributed by atoms with Crippen LogP contribution in [0.15, 0.2) is 4.99 Å². The zero-order chi connectivity index (χ0) is 40.3. The Kier molecular flexibility index (Phi) is 10.6. The topological polar surface area (TPSA) is 12.4 Å². The van der Waals surface area contributed by atoms with Gasteiger partial charge in [0.25, 0.3) is 0 Å². The van der Waals surface area contributed by atoms with Crippen LogP contribution in [0.5, 0.6) is 0 Å². The Bertz CT molecular complexity index is 1180. The molecular formula is C41H93NSi7. The lowest BCUT2D eigenvalue weighted by atomic mass is 10.1. The second-order valence-corrected chi connectivity index (χ2v) is 107. The molecule has 0 aromatic rings. The maximum atomic E-state index is 6.42. The minimum absolute atomic E-state index is 0.0259. The number of hydrogen-bond donors (Lipinski definition) is 0. The van der Waals surface area contributed by atoms with E-state index in [9.17, 15) is 0 Å². The summed E-state index contributed by atoms with van der Waals surface area (Å²) in [5.41, 5.74) is -0.0259. The van der Waals surface area contributed by atoms with E-state index in [1.807, 2.05) is 0 Å². The molecular weight excluding hydrogens is 703 g/mol. The highest BCUT2D eigenvalue weighted by Crippen LogP contribution is 2.91. The molecule has 0 aliphatic carbocycles. The SMILES string of the molecule is CC(C)(C)N=C1[Si]2([Si](C)(C(C)(C)C)C(C)(C)C)[Si]1([Si](C)(C(C)(C)C)C(C)(C)C)[Si]2([Si](C)(C(C)(C)C)C(C)(C)C)[Si](C)(C(C)(C)C)C(C)(C)C. The Labute approximate surface area is 316 Å². The van der Waals surface area contributed by atoms with Crippen molar-refractivity contribution in [1.82, 2.24) is 0 Å². The number of fused-ring (bicyclic) bond motifs is 1. The summed E-state index contributed by atoms with van der Waals surface area (Å²) in [7, 11) is -8.45. The van der Waals surface area contributed by atoms with Crippen molar-refractivity contribution in [2.24, 2.45) is 4.99 Å². The van der Waals surface area contributed by atoms with Crippen LogP contribution in [-0.2, 0) is 0 Å². The predicted molar refractivity (Wildman–Crippen MR) is 249 cm³/mol. The van der Waals surface area contributed by atoms with E-state index >= 15 is 0 Å². The molecule has 2 heterocycles. The summed E-state index contributed by atoms with van der Waals surface area (Å²) in [5, 5.41) is 2.61. The highest BCUT2D eigenvalue weighted by Gasteiger charge is 3.20. The van der Waals surface area contributed by atoms with Crippen molar-refractivity contribution in [1.29, 1.82) is 0 Å². The molecule has 8 heteroatoms. The molecule has 2 fully saturated rings. The molecule has 0 N–H and O–H groups in total. The van der Waals surface area contributed by atoms with E-state index in [0.29, 0.717) is 40.3 Å². The monoisotopic (exact) mass is 796 g/mol. The maximum Gasteiger partial charge on any atom is 0.0759 e. The molecule has 2 aliphatic heterocycles. The lowest BCUT2D eigenvalue weighted by Crippen LogP contribution is -2.93. The first-order chi connectivity index (χ1) is 20.6. The van der Waals surface area contributed by atoms with Gasteiger partial charge in [0.2, 0.25) is 0 Å². The van der Waals surface area contributed by atoms with Crippen LogP contribution in [-0.4, -0.2) is 60.3 Å². The Morgan fingerprint density at radius 1 is 0.306 bits per heavy atom. The minimum Gasteiger partial charge on any atom is -0.299 e. The molecule has 2 atom stereocenters. The van der Waals surface area contributed by atoms with Crippen LogP contribution in [0.25, 0.3) is 0 Å². The van der Waals surface area contributed by atoms with E-state index in [1.165, 1.54) is 0 Å². The standard InChI is InChI=1S/C41H93NSi7/c1-33(2,3)42-32-47(43(28,34(4,5)6)35(7,8)9)48(32,44(29,36(10,11)12)37(13,14)15)49(47,45(30,38(16,17)18)39(19,20)21)46(31,40(22,23)24)41(25,26)27/h1-31H3. The van der Waals surface area contributed by atoms with Crippen LogP contribution in [0.3, 0.4) is 0 Å². The van der Waals surface area contributed by atoms with Crippen molar-refractivity contribution in [3.63, 3.8) is 0 Å². The number of hydrogen-bond acceptors (Lipinski definition) is 1. The van der Waals surface area contributed by atoms with Gasteiger partial charge in [0, 0.05) is 21.3 Å². The van der Waals surface area contributed by atoms with Gasteiger partial charge in [-0.05, 0) is 66.0 Å². The van der Waals surface area contributed by atoms with E-state index in [2.05, 4.69) is 218 Å². The van der Waals surface area contributed by atoms with Crippen molar-refractivity contribution >= 4 is 54.7 Å². The molecule has 2 saturated heterocycles. The Hall–Kier alpha value is 1.19. The van der Waals surface area contributed by atoms with Gasteiger partial charge >= 0.3 is 0 Å². The Morgan fingerprint density at radius 2 is 0.469 bits per heavy atom. The van der Waals surface area contributed by atoms with Crippen molar-refractivity contribution in [3.8, 4) is 0 Å². The van der Waals surface area contributed by atoms with Gasteiger partial charge < -0.3 is 0 Å². The lowest BCUT2D eigenvalue weighted by molar-refractivity contribution is 0.586. The summed E-state index contributed by atoms with van der Waals surface area (Å²) in [6, 6.07) is 0. The summed E-state index contributed by atoms with van der Waals surface area (Å²) < 4.78 is 0. The average Bonchev–Trinajstić information content (AvgIpc) is 3.56. The molecule has 0 aromatic heterocycles. The first-order valence-corrected chi connectivity index (χ1v) is 43.2. The first-order valence-electron chi connectivity index (χ1n) is 20.2. The highest BCUT2D eigenvalue weighted by molar-refractivity contribution is 8.69. The molecule has 49 heavy (non-hydrogen) atoms. The minimum atomic E-state index is -2.15. The maximum absolute atomic E-state index is 6.42. The van der Waals surface area contributed by atoms with E-state index in [-0.39, 0.29) is 5.54 Å². The van der Waals surface area contributed by atoms with Gasteiger partial charge in [0.15, 0.2) is 0 Å². The molecule has 0 aromatic carbocycles. The zero-order valence-electron chi connectivity index (χ0n) is 39.9. The highest BCUT2D eigenvalue weighted by atomic mass is 30.7. The van der Waals surface area contributed by atoms with Crippen LogP contribution in [0.4, 0.5) is 0 Å². The van der Waals surface area contributed by atoms with Crippen molar-refractivity contribution < 1.29 is 0 Å². The molecule has 290 valence electrons. The third-order valence-corrected chi connectivity index (χ3v) is 224. The molecule has 2 rings (SSSR count). The van der Waals surface area contributed by atoms with Gasteiger partial charge in [-0.1, -0.05) is 192 Å². The fourth-order valence-corrected chi connectivity index (χ4v) is 475. The third kappa shape index (κ3) is 4.92. The lowest BCUT2D eigenvalue weighted by Gasteiger charge is -2.72. The fourth-order valence-electron chi connectivity index (χ4n) is 14.7. The van der Waals surface area contributed by atoms with Crippen molar-refractivity contribution in [3.05, 3.63) is 0 Å². The number of nitrogens with zero attached hydrogens (tertiary/aromatic N) is 1. The molecule has 1 nitrogen and oxygen atoms in total. The second-order valence-electron chi connectivity index (χ2n) is 27.4. The quantitative estimate of drug-likeness (QED) is 0.251. The smallest absolute Gasteiger partial charge is 0.0759 e. The summed E-state index contributed by atoms with van der Waals surface area (Å²) >= 11 is 0. The molecule has 0 bridgehead atoms. The van der Waals surface area contributed by atoms with Crippen molar-refractivity contribution in [2.75, 3.05) is 0 Å². The fraction of sp³-hybridized carbons (Fsp3) is 0.976. The largest absolute Gasteiger partial charge is 0.299 e. The summed E-state index contributed by atoms with van der Waals surface area (Å²) in [5.74, 6) is 0. The van der Waals surface area contributed by atoms with Gasteiger partial charge in [0.1, 0.15) is 0 Å². The zero-order valence-corrected chi connectivity index (χ0v) is 46.9. The number of rotatable bonds is 4. The molecule has 0 saturated carbocycles. The van der Waals surface area contributed by atoms with Crippen LogP contribution in [0, 0.1) is 0 Å². The molecule has 0 spiro atoms. The normalized spacial score (nSPS) is 25.3. The van der Waals surface area contributed by atoms with E-state index in [0.717, 1.165) is 0 Å². The van der Waals surface area contributed by atoms with Crippen LogP contribution in [0.1, 0.15) is 187 Å². The summed E-state index contributed by atoms with van der Waals surface area (Å²) in [4.78, 5) is 8.50. The summed E-state index contributed by atoms with van der Waals surface area (Å²) in [6.45, 7) is 82.3. The Morgan fingerprint density at radius 3 is 0.592 bits per heavy atom. The van der Waals surface area contributed by atoms with E-state index in [1.54, 1.807) is 0 Å². The van der Waals surface area contributed by atoms with Gasteiger partial charge in [-0.2, -0.15) is 0 Å². The second kappa shape index (κ2) is 11.2. The van der Waals surface area contributed by atoms with Gasteiger partial charge in [-0.25, -0.2) is 0 Å². The third-order valence-electron chi connectivity index (χ3n) is 17.7. The first kappa shape index (κ1) is 46.3. The number of aliphatic imine (C=N–C) groups is 1. The van der Waals surface area contributed by atoms with Gasteiger partial charge in [0.05, 0.1) is 34.0 Å². The Balaban J connectivity index is 4.04. The van der Waals surface area contributed by atoms with Crippen LogP contribution < -0.4 is 0 Å². The molecule has 0 amide bonds. The van der Waals surface area contributed by atoms with Gasteiger partial charge in [-0.15, -0.1) is 0 Å². The predicted octanol–water partition coefficient (Wildman–Crippen LogP) is 14.9. The van der Waals surface area contributed by atoms with Gasteiger partial charge in [-0.3, -0.25) is 4.99 Å². The average molecular weight is 797 g/mol. The molecule has 2 unspecified atom stereocenters. The van der Waals surface area contributed by atoms with E-state index in [4.69, 9.17) is 4.99 Å². The van der Waals surface area contributed by atoms with E-state index < -0.39 is 49.8 Å². The molecule has 0 radical (unpaired) electrons. The summed E-state index contributed by atoms with van der Waals surface area (Å²) in [6.07, 6.45) is -2.13. The molecule has 2 aliphatic rings. The van der Waals surface area contributed by atoms with Crippen LogP contribution in [0.2, 0.25) is 66.5 Å². The van der Waals surface area contributed by atoms with Crippen molar-refractivity contribution in [2.45, 2.75) is 259 Å².